The monoisotopic (exact) mass is 438 g/mol. The summed E-state index contributed by atoms with van der Waals surface area (Å²) in [4.78, 5) is 25.3. The van der Waals surface area contributed by atoms with E-state index in [0.29, 0.717) is 10.8 Å². The Morgan fingerprint density at radius 3 is 2.48 bits per heavy atom. The fourth-order valence-corrected chi connectivity index (χ4v) is 2.79. The molecule has 0 saturated heterocycles. The molecule has 8 heteroatoms. The number of carbonyl (C=O) groups excluding carboxylic acids is 2. The first kappa shape index (κ1) is 22.0. The van der Waals surface area contributed by atoms with Gasteiger partial charge in [-0.15, -0.1) is 0 Å². The van der Waals surface area contributed by atoms with E-state index in [9.17, 15) is 14.8 Å². The molecule has 0 heterocycles. The SMILES string of the molecule is COc1ccc(C(=O)C=Cc2ccc(Cl)cc2)c(OC(=O)c2cccc(N([O-])O)c2)c1. The van der Waals surface area contributed by atoms with Crippen molar-refractivity contribution >= 4 is 35.1 Å². The molecule has 0 spiro atoms. The third-order valence-electron chi connectivity index (χ3n) is 4.26. The highest BCUT2D eigenvalue weighted by Gasteiger charge is 2.17. The summed E-state index contributed by atoms with van der Waals surface area (Å²) in [5.41, 5.74) is 0.795. The van der Waals surface area contributed by atoms with E-state index >= 15 is 0 Å². The topological polar surface area (TPSA) is 99.1 Å². The van der Waals surface area contributed by atoms with Crippen molar-refractivity contribution in [3.8, 4) is 11.5 Å². The molecule has 0 aliphatic rings. The summed E-state index contributed by atoms with van der Waals surface area (Å²) in [6.45, 7) is 0. The second-order valence-corrected chi connectivity index (χ2v) is 6.76. The molecular weight excluding hydrogens is 422 g/mol. The maximum Gasteiger partial charge on any atom is 0.343 e. The largest absolute Gasteiger partial charge is 0.733 e. The van der Waals surface area contributed by atoms with Gasteiger partial charge < -0.3 is 19.9 Å². The van der Waals surface area contributed by atoms with Gasteiger partial charge in [-0.2, -0.15) is 0 Å². The third kappa shape index (κ3) is 5.70. The van der Waals surface area contributed by atoms with Crippen LogP contribution in [0.1, 0.15) is 26.3 Å². The summed E-state index contributed by atoms with van der Waals surface area (Å²) in [5, 5.41) is 20.3. The van der Waals surface area contributed by atoms with Crippen LogP contribution in [0.4, 0.5) is 5.69 Å². The van der Waals surface area contributed by atoms with E-state index < -0.39 is 11.8 Å². The van der Waals surface area contributed by atoms with Crippen LogP contribution in [0.3, 0.4) is 0 Å². The van der Waals surface area contributed by atoms with E-state index in [-0.39, 0.29) is 27.8 Å². The van der Waals surface area contributed by atoms with Gasteiger partial charge in [-0.25, -0.2) is 4.79 Å². The maximum absolute atomic E-state index is 12.7. The molecule has 3 aromatic carbocycles. The molecule has 1 N–H and O–H groups in total. The van der Waals surface area contributed by atoms with E-state index in [0.717, 1.165) is 11.6 Å². The van der Waals surface area contributed by atoms with Gasteiger partial charge in [0.1, 0.15) is 11.5 Å². The number of halogens is 1. The molecule has 0 amide bonds. The lowest BCUT2D eigenvalue weighted by molar-refractivity contribution is 0.0733. The minimum atomic E-state index is -0.812. The van der Waals surface area contributed by atoms with E-state index in [1.165, 1.54) is 43.5 Å². The van der Waals surface area contributed by atoms with E-state index in [2.05, 4.69) is 0 Å². The van der Waals surface area contributed by atoms with Gasteiger partial charge in [0.05, 0.1) is 23.9 Å². The summed E-state index contributed by atoms with van der Waals surface area (Å²) in [7, 11) is 1.44. The van der Waals surface area contributed by atoms with Crippen LogP contribution < -0.4 is 14.7 Å². The van der Waals surface area contributed by atoms with Crippen LogP contribution in [0.25, 0.3) is 6.08 Å². The van der Waals surface area contributed by atoms with Gasteiger partial charge in [0.2, 0.25) is 0 Å². The first-order valence-electron chi connectivity index (χ1n) is 9.02. The van der Waals surface area contributed by atoms with Crippen LogP contribution >= 0.6 is 11.6 Å². The zero-order chi connectivity index (χ0) is 22.4. The van der Waals surface area contributed by atoms with Crippen LogP contribution in [0.15, 0.2) is 72.8 Å². The maximum atomic E-state index is 12.7. The lowest BCUT2D eigenvalue weighted by atomic mass is 10.1. The van der Waals surface area contributed by atoms with Gasteiger partial charge in [0, 0.05) is 11.1 Å². The molecule has 0 saturated carbocycles. The third-order valence-corrected chi connectivity index (χ3v) is 4.51. The number of nitrogens with zero attached hydrogens (tertiary/aromatic N) is 1. The van der Waals surface area contributed by atoms with Crippen LogP contribution in [-0.4, -0.2) is 24.1 Å². The van der Waals surface area contributed by atoms with E-state index in [1.807, 2.05) is 0 Å². The molecule has 0 radical (unpaired) electrons. The Morgan fingerprint density at radius 2 is 1.81 bits per heavy atom. The first-order chi connectivity index (χ1) is 14.9. The Kier molecular flexibility index (Phi) is 7.04. The van der Waals surface area contributed by atoms with Crippen LogP contribution in [-0.2, 0) is 0 Å². The number of hydrogen-bond acceptors (Lipinski definition) is 7. The summed E-state index contributed by atoms with van der Waals surface area (Å²) in [5.74, 6) is -0.831. The van der Waals surface area contributed by atoms with E-state index in [1.54, 1.807) is 36.4 Å². The molecule has 0 bridgehead atoms. The molecule has 31 heavy (non-hydrogen) atoms. The molecule has 158 valence electrons. The van der Waals surface area contributed by atoms with Crippen molar-refractivity contribution < 1.29 is 24.3 Å². The number of rotatable bonds is 7. The molecule has 0 aliphatic heterocycles. The molecule has 0 fully saturated rings. The van der Waals surface area contributed by atoms with Gasteiger partial charge in [-0.1, -0.05) is 35.9 Å². The van der Waals surface area contributed by atoms with Crippen LogP contribution in [0, 0.1) is 5.21 Å². The smallest absolute Gasteiger partial charge is 0.343 e. The predicted octanol–water partition coefficient (Wildman–Crippen LogP) is 5.16. The fourth-order valence-electron chi connectivity index (χ4n) is 2.66. The number of benzene rings is 3. The number of anilines is 1. The molecule has 0 atom stereocenters. The summed E-state index contributed by atoms with van der Waals surface area (Å²) in [6.07, 6.45) is 2.96. The van der Waals surface area contributed by atoms with Crippen molar-refractivity contribution in [1.29, 1.82) is 0 Å². The molecule has 3 aromatic rings. The van der Waals surface area contributed by atoms with Crippen LogP contribution in [0.5, 0.6) is 11.5 Å². The second kappa shape index (κ2) is 9.90. The van der Waals surface area contributed by atoms with Crippen molar-refractivity contribution in [3.63, 3.8) is 0 Å². The van der Waals surface area contributed by atoms with Gasteiger partial charge in [0.25, 0.3) is 0 Å². The Morgan fingerprint density at radius 1 is 1.06 bits per heavy atom. The van der Waals surface area contributed by atoms with Gasteiger partial charge >= 0.3 is 5.97 Å². The van der Waals surface area contributed by atoms with Crippen molar-refractivity contribution in [2.24, 2.45) is 0 Å². The number of ether oxygens (including phenoxy) is 2. The second-order valence-electron chi connectivity index (χ2n) is 6.32. The fraction of sp³-hybridized carbons (Fsp3) is 0.0435. The van der Waals surface area contributed by atoms with Gasteiger partial charge in [0.15, 0.2) is 5.78 Å². The highest BCUT2D eigenvalue weighted by molar-refractivity contribution is 6.30. The zero-order valence-corrected chi connectivity index (χ0v) is 17.1. The number of ketones is 1. The quantitative estimate of drug-likeness (QED) is 0.179. The van der Waals surface area contributed by atoms with Crippen molar-refractivity contribution in [3.05, 3.63) is 99.7 Å². The normalized spacial score (nSPS) is 10.7. The average molecular weight is 439 g/mol. The molecule has 0 aliphatic carbocycles. The highest BCUT2D eigenvalue weighted by atomic mass is 35.5. The average Bonchev–Trinajstić information content (AvgIpc) is 2.78. The minimum Gasteiger partial charge on any atom is -0.733 e. The minimum absolute atomic E-state index is 0.0107. The Hall–Kier alpha value is -3.65. The Bertz CT molecular complexity index is 1130. The summed E-state index contributed by atoms with van der Waals surface area (Å²) in [6, 6.07) is 16.7. The first-order valence-corrected chi connectivity index (χ1v) is 9.39. The number of methoxy groups -OCH3 is 1. The molecular formula is C23H17ClNO6-. The number of carbonyl (C=O) groups is 2. The molecule has 7 nitrogen and oxygen atoms in total. The lowest BCUT2D eigenvalue weighted by Crippen LogP contribution is -2.13. The van der Waals surface area contributed by atoms with Crippen LogP contribution in [0.2, 0.25) is 5.02 Å². The van der Waals surface area contributed by atoms with Crippen molar-refractivity contribution in [2.45, 2.75) is 0 Å². The van der Waals surface area contributed by atoms with Crippen molar-refractivity contribution in [2.75, 3.05) is 12.3 Å². The highest BCUT2D eigenvalue weighted by Crippen LogP contribution is 2.27. The number of hydrogen-bond donors (Lipinski definition) is 1. The predicted molar refractivity (Wildman–Crippen MR) is 117 cm³/mol. The van der Waals surface area contributed by atoms with Gasteiger partial charge in [-0.3, -0.25) is 10.0 Å². The molecule has 0 unspecified atom stereocenters. The zero-order valence-electron chi connectivity index (χ0n) is 16.3. The lowest BCUT2D eigenvalue weighted by Gasteiger charge is -2.21. The summed E-state index contributed by atoms with van der Waals surface area (Å²) >= 11 is 5.86. The van der Waals surface area contributed by atoms with E-state index in [4.69, 9.17) is 26.3 Å². The summed E-state index contributed by atoms with van der Waals surface area (Å²) < 4.78 is 10.6. The van der Waals surface area contributed by atoms with Crippen molar-refractivity contribution in [1.82, 2.24) is 0 Å². The number of allylic oxidation sites excluding steroid dienone is 1. The van der Waals surface area contributed by atoms with Gasteiger partial charge in [-0.05, 0) is 54.1 Å². The standard InChI is InChI=1S/C23H17ClNO6/c1-30-19-10-11-20(21(26)12-7-15-5-8-17(24)9-6-15)22(14-19)31-23(27)16-3-2-4-18(13-16)25(28)29/h2-14,28H,1H3/q-1. The molecule has 0 aromatic heterocycles. The Balaban J connectivity index is 1.87. The Labute approximate surface area is 183 Å². The molecule has 3 rings (SSSR count). The number of esters is 1.